The molecule has 0 aliphatic carbocycles. The van der Waals surface area contributed by atoms with Gasteiger partial charge in [0.25, 0.3) is 10.0 Å². The molecule has 0 aromatic carbocycles. The van der Waals surface area contributed by atoms with Gasteiger partial charge < -0.3 is 9.78 Å². The number of nitrogens with one attached hydrogen (secondary N) is 1. The van der Waals surface area contributed by atoms with Crippen LogP contribution in [0.2, 0.25) is 0 Å². The Morgan fingerprint density at radius 3 is 2.78 bits per heavy atom. The minimum atomic E-state index is -3.65. The predicted molar refractivity (Wildman–Crippen MR) is 67.2 cm³/mol. The Morgan fingerprint density at radius 2 is 2.22 bits per heavy atom. The summed E-state index contributed by atoms with van der Waals surface area (Å²) in [5.41, 5.74) is 0.359. The first-order valence-corrected chi connectivity index (χ1v) is 7.86. The van der Waals surface area contributed by atoms with Crippen LogP contribution in [0.3, 0.4) is 0 Å². The third-order valence-corrected chi connectivity index (χ3v) is 6.42. The fraction of sp³-hybridized carbons (Fsp3) is 0.600. The molecule has 1 fully saturated rings. The van der Waals surface area contributed by atoms with Gasteiger partial charge in [-0.15, -0.1) is 0 Å². The number of nitrogens with zero attached hydrogens (tertiary/aromatic N) is 1. The molecule has 0 amide bonds. The summed E-state index contributed by atoms with van der Waals surface area (Å²) >= 11 is 0.695. The molecule has 1 N–H and O–H groups in total. The van der Waals surface area contributed by atoms with E-state index in [1.807, 2.05) is 0 Å². The van der Waals surface area contributed by atoms with Crippen LogP contribution in [-0.2, 0) is 14.8 Å². The zero-order valence-corrected chi connectivity index (χ0v) is 11.5. The predicted octanol–water partition coefficient (Wildman–Crippen LogP) is 0.344. The van der Waals surface area contributed by atoms with Crippen LogP contribution in [0.15, 0.2) is 9.00 Å². The molecule has 100 valence electrons. The lowest BCUT2D eigenvalue weighted by atomic mass is 10.0. The van der Waals surface area contributed by atoms with Gasteiger partial charge in [0.2, 0.25) is 0 Å². The Balaban J connectivity index is 2.34. The molecule has 1 atom stereocenters. The van der Waals surface area contributed by atoms with Gasteiger partial charge in [-0.05, 0) is 19.8 Å². The molecule has 1 saturated heterocycles. The first-order valence-electron chi connectivity index (χ1n) is 5.60. The van der Waals surface area contributed by atoms with Crippen molar-refractivity contribution in [2.75, 3.05) is 13.1 Å². The molecule has 2 rings (SSSR count). The maximum absolute atomic E-state index is 12.3. The molecule has 0 bridgehead atoms. The molecule has 6 nitrogen and oxygen atoms in total. The third kappa shape index (κ3) is 2.40. The minimum absolute atomic E-state index is 0.0547. The van der Waals surface area contributed by atoms with Gasteiger partial charge in [-0.1, -0.05) is 11.3 Å². The van der Waals surface area contributed by atoms with E-state index < -0.39 is 10.0 Å². The van der Waals surface area contributed by atoms with Crippen molar-refractivity contribution in [1.82, 2.24) is 9.29 Å². The Labute approximate surface area is 109 Å². The molecular formula is C10H14N2O4S2. The van der Waals surface area contributed by atoms with Crippen molar-refractivity contribution in [1.29, 1.82) is 0 Å². The molecule has 0 saturated carbocycles. The highest BCUT2D eigenvalue weighted by Crippen LogP contribution is 2.25. The summed E-state index contributed by atoms with van der Waals surface area (Å²) in [5.74, 6) is -0.246. The molecule has 1 aromatic heterocycles. The smallest absolute Gasteiger partial charge is 0.305 e. The van der Waals surface area contributed by atoms with Crippen molar-refractivity contribution < 1.29 is 13.2 Å². The summed E-state index contributed by atoms with van der Waals surface area (Å²) in [6.45, 7) is 2.17. The van der Waals surface area contributed by atoms with E-state index in [0.29, 0.717) is 30.0 Å². The van der Waals surface area contributed by atoms with Crippen molar-refractivity contribution in [3.8, 4) is 0 Å². The van der Waals surface area contributed by atoms with Gasteiger partial charge in [-0.25, -0.2) is 8.42 Å². The zero-order chi connectivity index (χ0) is 13.3. The van der Waals surface area contributed by atoms with Crippen LogP contribution in [0, 0.1) is 12.8 Å². The number of aromatic amines is 1. The van der Waals surface area contributed by atoms with Gasteiger partial charge in [0, 0.05) is 24.7 Å². The number of thiazole rings is 1. The monoisotopic (exact) mass is 290 g/mol. The number of rotatable bonds is 3. The van der Waals surface area contributed by atoms with Crippen molar-refractivity contribution in [2.24, 2.45) is 5.92 Å². The van der Waals surface area contributed by atoms with Crippen LogP contribution >= 0.6 is 11.3 Å². The number of H-pyrrole nitrogens is 1. The summed E-state index contributed by atoms with van der Waals surface area (Å²) in [4.78, 5) is 24.0. The van der Waals surface area contributed by atoms with E-state index in [0.717, 1.165) is 12.7 Å². The number of carbonyl (C=O) groups excluding carboxylic acids is 1. The lowest BCUT2D eigenvalue weighted by Gasteiger charge is -2.28. The summed E-state index contributed by atoms with van der Waals surface area (Å²) in [5, 5.41) is 0. The van der Waals surface area contributed by atoms with E-state index in [1.165, 1.54) is 4.31 Å². The average Bonchev–Trinajstić information content (AvgIpc) is 2.69. The van der Waals surface area contributed by atoms with Gasteiger partial charge in [-0.2, -0.15) is 4.31 Å². The van der Waals surface area contributed by atoms with Gasteiger partial charge in [-0.3, -0.25) is 4.79 Å². The quantitative estimate of drug-likeness (QED) is 0.813. The second-order valence-electron chi connectivity index (χ2n) is 4.33. The van der Waals surface area contributed by atoms with E-state index in [-0.39, 0.29) is 21.5 Å². The number of carbonyl (C=O) groups is 1. The van der Waals surface area contributed by atoms with Gasteiger partial charge >= 0.3 is 4.87 Å². The highest BCUT2D eigenvalue weighted by Gasteiger charge is 2.32. The number of aldehydes is 1. The first kappa shape index (κ1) is 13.4. The standard InChI is InChI=1S/C10H14N2O4S2/c1-7-9(17-10(14)11-7)18(15,16)12-4-2-3-8(5-12)6-13/h6,8H,2-5H2,1H3,(H,11,14). The van der Waals surface area contributed by atoms with E-state index in [9.17, 15) is 18.0 Å². The van der Waals surface area contributed by atoms with Crippen LogP contribution in [0.25, 0.3) is 0 Å². The van der Waals surface area contributed by atoms with Gasteiger partial charge in [0.05, 0.1) is 0 Å². The number of sulfonamides is 1. The summed E-state index contributed by atoms with van der Waals surface area (Å²) < 4.78 is 26.0. The molecule has 1 unspecified atom stereocenters. The fourth-order valence-corrected chi connectivity index (χ4v) is 5.03. The van der Waals surface area contributed by atoms with Gasteiger partial charge in [0.15, 0.2) is 4.21 Å². The van der Waals surface area contributed by atoms with Crippen LogP contribution in [0.4, 0.5) is 0 Å². The number of hydrogen-bond donors (Lipinski definition) is 1. The lowest BCUT2D eigenvalue weighted by molar-refractivity contribution is -0.112. The normalized spacial score (nSPS) is 21.9. The molecule has 1 aromatic rings. The first-order chi connectivity index (χ1) is 8.45. The Morgan fingerprint density at radius 1 is 1.50 bits per heavy atom. The second kappa shape index (κ2) is 4.94. The van der Waals surface area contributed by atoms with Crippen LogP contribution < -0.4 is 4.87 Å². The van der Waals surface area contributed by atoms with Crippen LogP contribution in [0.5, 0.6) is 0 Å². The van der Waals surface area contributed by atoms with Crippen LogP contribution in [0.1, 0.15) is 18.5 Å². The SMILES string of the molecule is Cc1[nH]c(=O)sc1S(=O)(=O)N1CCCC(C=O)C1. The van der Waals surface area contributed by atoms with Crippen LogP contribution in [-0.4, -0.2) is 37.1 Å². The number of aryl methyl sites for hydroxylation is 1. The van der Waals surface area contributed by atoms with Gasteiger partial charge in [0.1, 0.15) is 6.29 Å². The van der Waals surface area contributed by atoms with E-state index in [1.54, 1.807) is 6.92 Å². The maximum atomic E-state index is 12.3. The Hall–Kier alpha value is -0.990. The summed E-state index contributed by atoms with van der Waals surface area (Å²) in [6, 6.07) is 0. The molecule has 0 spiro atoms. The van der Waals surface area contributed by atoms with E-state index in [4.69, 9.17) is 0 Å². The largest absolute Gasteiger partial charge is 0.315 e. The molecule has 18 heavy (non-hydrogen) atoms. The third-order valence-electron chi connectivity index (χ3n) is 2.97. The average molecular weight is 290 g/mol. The maximum Gasteiger partial charge on any atom is 0.305 e. The molecule has 8 heteroatoms. The molecular weight excluding hydrogens is 276 g/mol. The number of hydrogen-bond acceptors (Lipinski definition) is 5. The molecule has 2 heterocycles. The lowest BCUT2D eigenvalue weighted by Crippen LogP contribution is -2.40. The molecule has 0 radical (unpaired) electrons. The van der Waals surface area contributed by atoms with Crippen molar-refractivity contribution >= 4 is 27.6 Å². The van der Waals surface area contributed by atoms with Crippen molar-refractivity contribution in [3.05, 3.63) is 15.4 Å². The fourth-order valence-electron chi connectivity index (χ4n) is 2.06. The minimum Gasteiger partial charge on any atom is -0.315 e. The van der Waals surface area contributed by atoms with E-state index in [2.05, 4.69) is 4.98 Å². The summed E-state index contributed by atoms with van der Waals surface area (Å²) in [6.07, 6.45) is 2.19. The van der Waals surface area contributed by atoms with E-state index >= 15 is 0 Å². The molecule has 1 aliphatic rings. The number of piperidine rings is 1. The highest BCUT2D eigenvalue weighted by atomic mass is 32.2. The highest BCUT2D eigenvalue weighted by molar-refractivity contribution is 7.91. The molecule has 1 aliphatic heterocycles. The zero-order valence-electron chi connectivity index (χ0n) is 9.88. The summed E-state index contributed by atoms with van der Waals surface area (Å²) in [7, 11) is -3.65. The Kier molecular flexibility index (Phi) is 3.69. The number of aromatic nitrogens is 1. The van der Waals surface area contributed by atoms with Crippen molar-refractivity contribution in [3.63, 3.8) is 0 Å². The topological polar surface area (TPSA) is 87.3 Å². The second-order valence-corrected chi connectivity index (χ2v) is 7.44. The Bertz CT molecular complexity index is 602. The van der Waals surface area contributed by atoms with Crippen molar-refractivity contribution in [2.45, 2.75) is 24.0 Å².